The average Bonchev–Trinajstić information content (AvgIpc) is 3.03. The number of ether oxygens (including phenoxy) is 2. The van der Waals surface area contributed by atoms with Crippen LogP contribution in [0.25, 0.3) is 0 Å². The molecule has 1 spiro atoms. The number of likely N-dealkylation sites (tertiary alicyclic amines) is 1. The van der Waals surface area contributed by atoms with Crippen LogP contribution in [0.2, 0.25) is 0 Å². The smallest absolute Gasteiger partial charge is 0.475 e. The van der Waals surface area contributed by atoms with Crippen molar-refractivity contribution in [2.45, 2.75) is 38.1 Å². The van der Waals surface area contributed by atoms with Crippen LogP contribution < -0.4 is 0 Å². The van der Waals surface area contributed by atoms with E-state index in [0.717, 1.165) is 44.5 Å². The highest BCUT2D eigenvalue weighted by Crippen LogP contribution is 2.42. The number of methoxy groups -OCH3 is 1. The van der Waals surface area contributed by atoms with Gasteiger partial charge in [-0.1, -0.05) is 6.07 Å². The van der Waals surface area contributed by atoms with Crippen LogP contribution in [0.15, 0.2) is 18.2 Å². The fraction of sp³-hybridized carbons (Fsp3) is 0.632. The Balaban J connectivity index is 0.000000370. The molecule has 1 aromatic carbocycles. The van der Waals surface area contributed by atoms with Crippen molar-refractivity contribution < 1.29 is 41.3 Å². The number of carboxylic acid groups (broad SMARTS) is 1. The van der Waals surface area contributed by atoms with Crippen molar-refractivity contribution in [1.82, 2.24) is 4.90 Å². The third kappa shape index (κ3) is 6.90. The lowest BCUT2D eigenvalue weighted by molar-refractivity contribution is -0.192. The molecule has 0 aliphatic carbocycles. The number of carboxylic acids is 1. The van der Waals surface area contributed by atoms with Crippen molar-refractivity contribution in [2.24, 2.45) is 5.41 Å². The minimum atomic E-state index is -5.08. The van der Waals surface area contributed by atoms with E-state index in [0.29, 0.717) is 13.2 Å². The molecule has 2 fully saturated rings. The summed E-state index contributed by atoms with van der Waals surface area (Å²) in [5, 5.41) is 7.12. The van der Waals surface area contributed by atoms with Gasteiger partial charge in [0.05, 0.1) is 19.3 Å². The van der Waals surface area contributed by atoms with Gasteiger partial charge in [0, 0.05) is 13.7 Å². The molecular weight excluding hydrogens is 401 g/mol. The highest BCUT2D eigenvalue weighted by Gasteiger charge is 2.42. The lowest BCUT2D eigenvalue weighted by Crippen LogP contribution is -2.40. The Bertz CT molecular complexity index is 690. The largest absolute Gasteiger partial charge is 0.490 e. The number of hydrogen-bond donors (Lipinski definition) is 1. The van der Waals surface area contributed by atoms with E-state index >= 15 is 0 Å². The quantitative estimate of drug-likeness (QED) is 0.747. The summed E-state index contributed by atoms with van der Waals surface area (Å²) in [4.78, 5) is 11.2. The Morgan fingerprint density at radius 1 is 1.28 bits per heavy atom. The molecule has 1 aromatic rings. The molecule has 10 heteroatoms. The predicted molar refractivity (Wildman–Crippen MR) is 93.2 cm³/mol. The summed E-state index contributed by atoms with van der Waals surface area (Å²) in [6, 6.07) is 4.17. The highest BCUT2D eigenvalue weighted by molar-refractivity contribution is 5.73. The van der Waals surface area contributed by atoms with E-state index in [2.05, 4.69) is 4.90 Å². The first-order chi connectivity index (χ1) is 13.5. The molecule has 5 nitrogen and oxygen atoms in total. The minimum Gasteiger partial charge on any atom is -0.475 e. The van der Waals surface area contributed by atoms with Crippen LogP contribution in [0.1, 0.15) is 24.8 Å². The van der Waals surface area contributed by atoms with Crippen molar-refractivity contribution in [3.8, 4) is 0 Å². The Labute approximate surface area is 165 Å². The highest BCUT2D eigenvalue weighted by atomic mass is 19.4. The average molecular weight is 425 g/mol. The zero-order valence-electron chi connectivity index (χ0n) is 16.0. The molecule has 2 aliphatic heterocycles. The number of alkyl halides is 3. The molecule has 1 atom stereocenters. The second-order valence-corrected chi connectivity index (χ2v) is 7.42. The van der Waals surface area contributed by atoms with E-state index < -0.39 is 23.8 Å². The Morgan fingerprint density at radius 2 is 1.90 bits per heavy atom. The molecule has 164 valence electrons. The summed E-state index contributed by atoms with van der Waals surface area (Å²) >= 11 is 0. The molecule has 3 rings (SSSR count). The number of hydrogen-bond acceptors (Lipinski definition) is 4. The maximum Gasteiger partial charge on any atom is 0.490 e. The lowest BCUT2D eigenvalue weighted by atomic mass is 9.76. The maximum absolute atomic E-state index is 13.3. The normalized spacial score (nSPS) is 21.7. The van der Waals surface area contributed by atoms with Gasteiger partial charge in [-0.05, 0) is 55.5 Å². The fourth-order valence-corrected chi connectivity index (χ4v) is 3.62. The minimum absolute atomic E-state index is 0.225. The van der Waals surface area contributed by atoms with Crippen LogP contribution in [-0.2, 0) is 20.8 Å². The molecule has 2 heterocycles. The molecule has 0 radical (unpaired) electrons. The SMILES string of the molecule is COCC1CC2(CCN(Cc3ccc(F)c(F)c3)CC2)CO1.O=C(O)C(F)(F)F. The number of aliphatic carboxylic acids is 1. The number of halogens is 5. The van der Waals surface area contributed by atoms with Gasteiger partial charge in [0.15, 0.2) is 11.6 Å². The second-order valence-electron chi connectivity index (χ2n) is 7.42. The van der Waals surface area contributed by atoms with Crippen molar-refractivity contribution in [3.63, 3.8) is 0 Å². The topological polar surface area (TPSA) is 59.0 Å². The van der Waals surface area contributed by atoms with E-state index in [1.165, 1.54) is 12.1 Å². The van der Waals surface area contributed by atoms with Crippen LogP contribution in [0, 0.1) is 17.0 Å². The summed E-state index contributed by atoms with van der Waals surface area (Å²) in [7, 11) is 1.71. The molecular formula is C19H24F5NO4. The molecule has 2 aliphatic rings. The first-order valence-corrected chi connectivity index (χ1v) is 9.11. The van der Waals surface area contributed by atoms with Gasteiger partial charge in [0.1, 0.15) is 0 Å². The Hall–Kier alpha value is -1.78. The second kappa shape index (κ2) is 9.82. The number of carbonyl (C=O) groups is 1. The van der Waals surface area contributed by atoms with Gasteiger partial charge in [-0.2, -0.15) is 13.2 Å². The number of nitrogens with zero attached hydrogens (tertiary/aromatic N) is 1. The molecule has 0 amide bonds. The number of piperidine rings is 1. The zero-order valence-corrected chi connectivity index (χ0v) is 16.0. The third-order valence-corrected chi connectivity index (χ3v) is 5.19. The van der Waals surface area contributed by atoms with Crippen molar-refractivity contribution in [1.29, 1.82) is 0 Å². The molecule has 0 bridgehead atoms. The van der Waals surface area contributed by atoms with E-state index in [1.807, 2.05) is 0 Å². The van der Waals surface area contributed by atoms with E-state index in [4.69, 9.17) is 19.4 Å². The first-order valence-electron chi connectivity index (χ1n) is 9.11. The van der Waals surface area contributed by atoms with Gasteiger partial charge >= 0.3 is 12.1 Å². The fourth-order valence-electron chi connectivity index (χ4n) is 3.62. The summed E-state index contributed by atoms with van der Waals surface area (Å²) in [6.45, 7) is 4.11. The van der Waals surface area contributed by atoms with Crippen LogP contribution in [0.5, 0.6) is 0 Å². The van der Waals surface area contributed by atoms with Crippen molar-refractivity contribution in [3.05, 3.63) is 35.4 Å². The van der Waals surface area contributed by atoms with Crippen LogP contribution in [0.3, 0.4) is 0 Å². The standard InChI is InChI=1S/C17H23F2NO2.C2HF3O2/c1-21-11-14-9-17(12-22-14)4-6-20(7-5-17)10-13-2-3-15(18)16(19)8-13;3-2(4,5)1(6)7/h2-3,8,14H,4-7,9-12H2,1H3;(H,6,7). The molecule has 0 aromatic heterocycles. The summed E-state index contributed by atoms with van der Waals surface area (Å²) in [5.41, 5.74) is 1.11. The number of rotatable bonds is 4. The maximum atomic E-state index is 13.3. The van der Waals surface area contributed by atoms with Gasteiger partial charge in [-0.25, -0.2) is 13.6 Å². The van der Waals surface area contributed by atoms with Crippen molar-refractivity contribution >= 4 is 5.97 Å². The van der Waals surface area contributed by atoms with Crippen LogP contribution in [-0.4, -0.2) is 61.7 Å². The van der Waals surface area contributed by atoms with Gasteiger partial charge < -0.3 is 14.6 Å². The summed E-state index contributed by atoms with van der Waals surface area (Å²) < 4.78 is 69.0. The van der Waals surface area contributed by atoms with Gasteiger partial charge in [-0.15, -0.1) is 0 Å². The zero-order chi connectivity index (χ0) is 21.7. The Kier molecular flexibility index (Phi) is 7.95. The van der Waals surface area contributed by atoms with Gasteiger partial charge in [0.25, 0.3) is 0 Å². The molecule has 1 N–H and O–H groups in total. The molecule has 0 saturated carbocycles. The van der Waals surface area contributed by atoms with E-state index in [-0.39, 0.29) is 11.5 Å². The van der Waals surface area contributed by atoms with E-state index in [1.54, 1.807) is 13.2 Å². The number of benzene rings is 1. The van der Waals surface area contributed by atoms with Crippen LogP contribution in [0.4, 0.5) is 22.0 Å². The summed E-state index contributed by atoms with van der Waals surface area (Å²) in [6.07, 6.45) is -1.60. The third-order valence-electron chi connectivity index (χ3n) is 5.19. The van der Waals surface area contributed by atoms with Crippen molar-refractivity contribution in [2.75, 3.05) is 33.4 Å². The monoisotopic (exact) mass is 425 g/mol. The molecule has 29 heavy (non-hydrogen) atoms. The summed E-state index contributed by atoms with van der Waals surface area (Å²) in [5.74, 6) is -4.31. The predicted octanol–water partition coefficient (Wildman–Crippen LogP) is 3.62. The molecule has 2 saturated heterocycles. The lowest BCUT2D eigenvalue weighted by Gasteiger charge is -2.38. The van der Waals surface area contributed by atoms with Crippen LogP contribution >= 0.6 is 0 Å². The first kappa shape index (κ1) is 23.5. The van der Waals surface area contributed by atoms with Gasteiger partial charge in [0.2, 0.25) is 0 Å². The van der Waals surface area contributed by atoms with E-state index in [9.17, 15) is 22.0 Å². The Morgan fingerprint density at radius 3 is 2.41 bits per heavy atom. The van der Waals surface area contributed by atoms with Gasteiger partial charge in [-0.3, -0.25) is 4.90 Å². The molecule has 1 unspecified atom stereocenters.